The molecule has 0 spiro atoms. The van der Waals surface area contributed by atoms with Crippen LogP contribution in [0.5, 0.6) is 0 Å². The fourth-order valence-corrected chi connectivity index (χ4v) is 1.30. The molecule has 3 N–H and O–H groups in total. The lowest BCUT2D eigenvalue weighted by atomic mass is 10.1. The van der Waals surface area contributed by atoms with Crippen molar-refractivity contribution in [1.29, 1.82) is 0 Å². The quantitative estimate of drug-likeness (QED) is 0.773. The Bertz CT molecular complexity index is 485. The molecule has 1 aromatic rings. The van der Waals surface area contributed by atoms with Crippen molar-refractivity contribution in [2.45, 2.75) is 20.0 Å². The van der Waals surface area contributed by atoms with Crippen LogP contribution < -0.4 is 11.1 Å². The molecule has 0 aliphatic rings. The summed E-state index contributed by atoms with van der Waals surface area (Å²) in [6.07, 6.45) is -1.09. The molecule has 0 fully saturated rings. The maximum Gasteiger partial charge on any atom is 0.339 e. The normalized spacial score (nSPS) is 11.4. The molecule has 0 aromatic heterocycles. The summed E-state index contributed by atoms with van der Waals surface area (Å²) in [4.78, 5) is 33.5. The highest BCUT2D eigenvalue weighted by Gasteiger charge is 2.20. The number of amides is 3. The highest BCUT2D eigenvalue weighted by molar-refractivity contribution is 5.98. The van der Waals surface area contributed by atoms with Crippen molar-refractivity contribution in [3.05, 3.63) is 35.4 Å². The van der Waals surface area contributed by atoms with Gasteiger partial charge in [-0.25, -0.2) is 9.59 Å². The van der Waals surface area contributed by atoms with Gasteiger partial charge in [0.15, 0.2) is 6.10 Å². The lowest BCUT2D eigenvalue weighted by Crippen LogP contribution is -2.42. The molecular weight excluding hydrogens is 236 g/mol. The first kappa shape index (κ1) is 13.7. The van der Waals surface area contributed by atoms with Crippen molar-refractivity contribution < 1.29 is 19.1 Å². The van der Waals surface area contributed by atoms with E-state index in [1.54, 1.807) is 31.2 Å². The van der Waals surface area contributed by atoms with E-state index in [9.17, 15) is 14.4 Å². The van der Waals surface area contributed by atoms with Crippen molar-refractivity contribution in [2.24, 2.45) is 5.73 Å². The zero-order valence-electron chi connectivity index (χ0n) is 10.1. The Hall–Kier alpha value is -2.37. The molecule has 96 valence electrons. The van der Waals surface area contributed by atoms with Crippen LogP contribution in [0, 0.1) is 6.92 Å². The Balaban J connectivity index is 2.68. The maximum atomic E-state index is 11.7. The summed E-state index contributed by atoms with van der Waals surface area (Å²) in [6, 6.07) is 5.84. The number of ether oxygens (including phenoxy) is 1. The van der Waals surface area contributed by atoms with E-state index >= 15 is 0 Å². The van der Waals surface area contributed by atoms with E-state index in [1.165, 1.54) is 6.92 Å². The first-order valence-corrected chi connectivity index (χ1v) is 5.28. The van der Waals surface area contributed by atoms with Crippen LogP contribution in [0.3, 0.4) is 0 Å². The zero-order chi connectivity index (χ0) is 13.7. The van der Waals surface area contributed by atoms with Crippen LogP contribution >= 0.6 is 0 Å². The molecule has 1 aromatic carbocycles. The van der Waals surface area contributed by atoms with Crippen LogP contribution in [0.2, 0.25) is 0 Å². The number of hydrogen-bond acceptors (Lipinski definition) is 4. The highest BCUT2D eigenvalue weighted by Crippen LogP contribution is 2.09. The molecule has 1 unspecified atom stereocenters. The van der Waals surface area contributed by atoms with Gasteiger partial charge in [-0.2, -0.15) is 0 Å². The number of carbonyl (C=O) groups excluding carboxylic acids is 3. The predicted octanol–water partition coefficient (Wildman–Crippen LogP) is 0.735. The lowest BCUT2D eigenvalue weighted by Gasteiger charge is -2.12. The second kappa shape index (κ2) is 5.81. The van der Waals surface area contributed by atoms with Crippen LogP contribution in [0.15, 0.2) is 24.3 Å². The Morgan fingerprint density at radius 3 is 2.44 bits per heavy atom. The van der Waals surface area contributed by atoms with Crippen molar-refractivity contribution in [3.8, 4) is 0 Å². The molecule has 0 bridgehead atoms. The minimum absolute atomic E-state index is 0.372. The molecule has 0 heterocycles. The number of urea groups is 1. The van der Waals surface area contributed by atoms with Gasteiger partial charge in [-0.1, -0.05) is 18.2 Å². The minimum atomic E-state index is -1.09. The van der Waals surface area contributed by atoms with E-state index in [0.29, 0.717) is 5.56 Å². The SMILES string of the molecule is Cc1ccccc1C(=O)OC(C)C(=O)NC(N)=O. The Labute approximate surface area is 104 Å². The molecule has 18 heavy (non-hydrogen) atoms. The molecule has 3 amide bonds. The van der Waals surface area contributed by atoms with E-state index in [-0.39, 0.29) is 0 Å². The third kappa shape index (κ3) is 3.58. The number of carbonyl (C=O) groups is 3. The van der Waals surface area contributed by atoms with E-state index in [2.05, 4.69) is 0 Å². The van der Waals surface area contributed by atoms with Crippen molar-refractivity contribution in [3.63, 3.8) is 0 Å². The van der Waals surface area contributed by atoms with Crippen LogP contribution in [0.25, 0.3) is 0 Å². The number of rotatable bonds is 3. The smallest absolute Gasteiger partial charge is 0.339 e. The first-order chi connectivity index (χ1) is 8.41. The number of primary amides is 1. The van der Waals surface area contributed by atoms with Crippen molar-refractivity contribution in [2.75, 3.05) is 0 Å². The Morgan fingerprint density at radius 2 is 1.89 bits per heavy atom. The molecule has 6 heteroatoms. The van der Waals surface area contributed by atoms with E-state index in [0.717, 1.165) is 5.56 Å². The monoisotopic (exact) mass is 250 g/mol. The number of esters is 1. The largest absolute Gasteiger partial charge is 0.449 e. The van der Waals surface area contributed by atoms with Gasteiger partial charge in [0, 0.05) is 0 Å². The molecule has 0 aliphatic carbocycles. The standard InChI is InChI=1S/C12H14N2O4/c1-7-5-3-4-6-9(7)11(16)18-8(2)10(15)14-12(13)17/h3-6,8H,1-2H3,(H3,13,14,15,17). The second-order valence-electron chi connectivity index (χ2n) is 3.72. The summed E-state index contributed by atoms with van der Waals surface area (Å²) in [5.41, 5.74) is 5.90. The average Bonchev–Trinajstić information content (AvgIpc) is 2.28. The summed E-state index contributed by atoms with van der Waals surface area (Å²) >= 11 is 0. The molecule has 0 aliphatic heterocycles. The number of hydrogen-bond donors (Lipinski definition) is 2. The summed E-state index contributed by atoms with van der Waals surface area (Å²) in [6.45, 7) is 3.11. The molecule has 6 nitrogen and oxygen atoms in total. The van der Waals surface area contributed by atoms with Crippen LogP contribution in [0.1, 0.15) is 22.8 Å². The summed E-state index contributed by atoms with van der Waals surface area (Å²) in [5.74, 6) is -1.38. The summed E-state index contributed by atoms with van der Waals surface area (Å²) in [7, 11) is 0. The Kier molecular flexibility index (Phi) is 4.42. The van der Waals surface area contributed by atoms with Crippen molar-refractivity contribution in [1.82, 2.24) is 5.32 Å². The van der Waals surface area contributed by atoms with Gasteiger partial charge in [-0.3, -0.25) is 10.1 Å². The van der Waals surface area contributed by atoms with Gasteiger partial charge in [0.25, 0.3) is 5.91 Å². The van der Waals surface area contributed by atoms with Gasteiger partial charge in [0.1, 0.15) is 0 Å². The lowest BCUT2D eigenvalue weighted by molar-refractivity contribution is -0.127. The van der Waals surface area contributed by atoms with Gasteiger partial charge in [0.05, 0.1) is 5.56 Å². The van der Waals surface area contributed by atoms with Gasteiger partial charge in [-0.05, 0) is 25.5 Å². The van der Waals surface area contributed by atoms with Crippen molar-refractivity contribution >= 4 is 17.9 Å². The van der Waals surface area contributed by atoms with Gasteiger partial charge in [-0.15, -0.1) is 0 Å². The summed E-state index contributed by atoms with van der Waals surface area (Å²) in [5, 5.41) is 1.84. The number of nitrogens with one attached hydrogen (secondary N) is 1. The molecule has 0 radical (unpaired) electrons. The van der Waals surface area contributed by atoms with E-state index in [4.69, 9.17) is 10.5 Å². The number of imide groups is 1. The van der Waals surface area contributed by atoms with Gasteiger partial charge >= 0.3 is 12.0 Å². The second-order valence-corrected chi connectivity index (χ2v) is 3.72. The fourth-order valence-electron chi connectivity index (χ4n) is 1.30. The first-order valence-electron chi connectivity index (χ1n) is 5.28. The summed E-state index contributed by atoms with van der Waals surface area (Å²) < 4.78 is 4.92. The maximum absolute atomic E-state index is 11.7. The van der Waals surface area contributed by atoms with E-state index in [1.807, 2.05) is 5.32 Å². The zero-order valence-corrected chi connectivity index (χ0v) is 10.1. The van der Waals surface area contributed by atoms with Gasteiger partial charge in [0.2, 0.25) is 0 Å². The van der Waals surface area contributed by atoms with Crippen LogP contribution in [-0.4, -0.2) is 24.0 Å². The number of aryl methyl sites for hydroxylation is 1. The predicted molar refractivity (Wildman–Crippen MR) is 63.8 cm³/mol. The number of nitrogens with two attached hydrogens (primary N) is 1. The third-order valence-corrected chi connectivity index (χ3v) is 2.26. The molecular formula is C12H14N2O4. The average molecular weight is 250 g/mol. The Morgan fingerprint density at radius 1 is 1.28 bits per heavy atom. The van der Waals surface area contributed by atoms with Gasteiger partial charge < -0.3 is 10.5 Å². The third-order valence-electron chi connectivity index (χ3n) is 2.26. The number of benzene rings is 1. The van der Waals surface area contributed by atoms with E-state index < -0.39 is 24.0 Å². The molecule has 0 saturated heterocycles. The molecule has 1 rings (SSSR count). The minimum Gasteiger partial charge on any atom is -0.449 e. The fraction of sp³-hybridized carbons (Fsp3) is 0.250. The molecule has 1 atom stereocenters. The topological polar surface area (TPSA) is 98.5 Å². The molecule has 0 saturated carbocycles. The van der Waals surface area contributed by atoms with Crippen LogP contribution in [0.4, 0.5) is 4.79 Å². The highest BCUT2D eigenvalue weighted by atomic mass is 16.5. The van der Waals surface area contributed by atoms with Crippen LogP contribution in [-0.2, 0) is 9.53 Å².